The molecule has 0 fully saturated rings. The molecule has 6 nitrogen and oxygen atoms in total. The SMILES string of the molecule is CC1=NCC=C1Cn1c(=O)c(O)c(C(=O)O)c2sccc21. The molecule has 0 spiro atoms. The first-order valence-electron chi connectivity index (χ1n) is 6.27. The summed E-state index contributed by atoms with van der Waals surface area (Å²) in [4.78, 5) is 27.8. The van der Waals surface area contributed by atoms with Crippen LogP contribution in [-0.4, -0.2) is 33.0 Å². The van der Waals surface area contributed by atoms with Gasteiger partial charge in [0.15, 0.2) is 5.75 Å². The number of hydrogen-bond acceptors (Lipinski definition) is 5. The van der Waals surface area contributed by atoms with Crippen molar-refractivity contribution in [2.75, 3.05) is 6.54 Å². The molecule has 0 amide bonds. The van der Waals surface area contributed by atoms with E-state index in [-0.39, 0.29) is 12.1 Å². The molecule has 0 saturated carbocycles. The first-order chi connectivity index (χ1) is 10.0. The molecule has 108 valence electrons. The van der Waals surface area contributed by atoms with Crippen LogP contribution in [0.4, 0.5) is 0 Å². The summed E-state index contributed by atoms with van der Waals surface area (Å²) in [5, 5.41) is 20.8. The number of fused-ring (bicyclic) bond motifs is 1. The van der Waals surface area contributed by atoms with Crippen molar-refractivity contribution >= 4 is 33.2 Å². The average Bonchev–Trinajstić information content (AvgIpc) is 3.04. The van der Waals surface area contributed by atoms with Crippen LogP contribution in [0.25, 0.3) is 10.2 Å². The first-order valence-corrected chi connectivity index (χ1v) is 7.15. The first kappa shape index (κ1) is 13.6. The second kappa shape index (κ2) is 4.85. The van der Waals surface area contributed by atoms with Crippen LogP contribution in [0.1, 0.15) is 17.3 Å². The van der Waals surface area contributed by atoms with Gasteiger partial charge in [-0.15, -0.1) is 11.3 Å². The van der Waals surface area contributed by atoms with Gasteiger partial charge in [-0.1, -0.05) is 6.08 Å². The van der Waals surface area contributed by atoms with Crippen molar-refractivity contribution in [2.24, 2.45) is 4.99 Å². The van der Waals surface area contributed by atoms with Crippen LogP contribution in [-0.2, 0) is 6.54 Å². The lowest BCUT2D eigenvalue weighted by atomic mass is 10.1. The molecule has 1 aliphatic rings. The highest BCUT2D eigenvalue weighted by Gasteiger charge is 2.23. The van der Waals surface area contributed by atoms with Gasteiger partial charge < -0.3 is 10.2 Å². The van der Waals surface area contributed by atoms with Crippen molar-refractivity contribution in [3.8, 4) is 5.75 Å². The van der Waals surface area contributed by atoms with Crippen molar-refractivity contribution in [1.82, 2.24) is 4.57 Å². The number of aromatic nitrogens is 1. The van der Waals surface area contributed by atoms with E-state index in [4.69, 9.17) is 0 Å². The molecule has 2 aromatic rings. The van der Waals surface area contributed by atoms with E-state index in [9.17, 15) is 19.8 Å². The maximum atomic E-state index is 12.3. The third kappa shape index (κ3) is 2.06. The maximum Gasteiger partial charge on any atom is 0.341 e. The summed E-state index contributed by atoms with van der Waals surface area (Å²) in [6.07, 6.45) is 1.92. The molecule has 0 atom stereocenters. The maximum absolute atomic E-state index is 12.3. The van der Waals surface area contributed by atoms with Gasteiger partial charge in [0, 0.05) is 5.71 Å². The van der Waals surface area contributed by atoms with E-state index in [0.29, 0.717) is 16.8 Å². The highest BCUT2D eigenvalue weighted by molar-refractivity contribution is 7.17. The molecule has 0 unspecified atom stereocenters. The standard InChI is InChI=1S/C14H12N2O4S/c1-7-8(2-4-15-7)6-16-9-3-5-21-12(9)10(14(19)20)11(17)13(16)18/h2-3,5,17H,4,6H2,1H3,(H,19,20). The fourth-order valence-electron chi connectivity index (χ4n) is 2.40. The van der Waals surface area contributed by atoms with Gasteiger partial charge >= 0.3 is 5.97 Å². The number of carboxylic acids is 1. The Morgan fingerprint density at radius 1 is 1.52 bits per heavy atom. The molecule has 2 aromatic heterocycles. The molecule has 7 heteroatoms. The van der Waals surface area contributed by atoms with Crippen LogP contribution < -0.4 is 5.56 Å². The predicted octanol–water partition coefficient (Wildman–Crippen LogP) is 1.87. The molecule has 0 radical (unpaired) electrons. The van der Waals surface area contributed by atoms with Crippen LogP contribution in [0.15, 0.2) is 32.9 Å². The molecule has 0 aromatic carbocycles. The molecule has 0 saturated heterocycles. The Kier molecular flexibility index (Phi) is 3.13. The van der Waals surface area contributed by atoms with Gasteiger partial charge in [-0.25, -0.2) is 4.79 Å². The minimum absolute atomic E-state index is 0.273. The summed E-state index contributed by atoms with van der Waals surface area (Å²) in [7, 11) is 0. The van der Waals surface area contributed by atoms with E-state index in [2.05, 4.69) is 4.99 Å². The van der Waals surface area contributed by atoms with E-state index in [1.54, 1.807) is 11.4 Å². The molecule has 0 aliphatic carbocycles. The van der Waals surface area contributed by atoms with Crippen molar-refractivity contribution in [3.05, 3.63) is 39.0 Å². The van der Waals surface area contributed by atoms with E-state index in [1.807, 2.05) is 13.0 Å². The summed E-state index contributed by atoms with van der Waals surface area (Å²) < 4.78 is 1.79. The summed E-state index contributed by atoms with van der Waals surface area (Å²) >= 11 is 1.19. The van der Waals surface area contributed by atoms with Crippen LogP contribution in [0, 0.1) is 0 Å². The molecular weight excluding hydrogens is 292 g/mol. The average molecular weight is 304 g/mol. The number of aromatic carboxylic acids is 1. The fraction of sp³-hybridized carbons (Fsp3) is 0.214. The smallest absolute Gasteiger partial charge is 0.341 e. The number of hydrogen-bond donors (Lipinski definition) is 2. The van der Waals surface area contributed by atoms with Gasteiger partial charge in [0.25, 0.3) is 5.56 Å². The molecule has 21 heavy (non-hydrogen) atoms. The van der Waals surface area contributed by atoms with Gasteiger partial charge in [0.1, 0.15) is 5.56 Å². The zero-order chi connectivity index (χ0) is 15.1. The Hall–Kier alpha value is -2.41. The van der Waals surface area contributed by atoms with Crippen molar-refractivity contribution < 1.29 is 15.0 Å². The highest BCUT2D eigenvalue weighted by atomic mass is 32.1. The van der Waals surface area contributed by atoms with Crippen molar-refractivity contribution in [2.45, 2.75) is 13.5 Å². The zero-order valence-electron chi connectivity index (χ0n) is 11.2. The second-order valence-corrected chi connectivity index (χ2v) is 5.63. The Bertz CT molecular complexity index is 873. The number of nitrogens with zero attached hydrogens (tertiary/aromatic N) is 2. The van der Waals surface area contributed by atoms with Gasteiger partial charge in [0.2, 0.25) is 0 Å². The van der Waals surface area contributed by atoms with E-state index >= 15 is 0 Å². The number of aliphatic imine (C=N–C) groups is 1. The fourth-order valence-corrected chi connectivity index (χ4v) is 3.33. The third-order valence-corrected chi connectivity index (χ3v) is 4.44. The zero-order valence-corrected chi connectivity index (χ0v) is 12.0. The number of pyridine rings is 1. The predicted molar refractivity (Wildman–Crippen MR) is 80.8 cm³/mol. The minimum Gasteiger partial charge on any atom is -0.502 e. The van der Waals surface area contributed by atoms with Crippen LogP contribution in [0.5, 0.6) is 5.75 Å². The molecule has 0 bridgehead atoms. The number of carbonyl (C=O) groups is 1. The normalized spacial score (nSPS) is 14.3. The van der Waals surface area contributed by atoms with Gasteiger partial charge in [-0.3, -0.25) is 14.4 Å². The Balaban J connectivity index is 2.25. The number of aromatic hydroxyl groups is 1. The number of allylic oxidation sites excluding steroid dienone is 1. The lowest BCUT2D eigenvalue weighted by Crippen LogP contribution is -2.24. The molecular formula is C14H12N2O4S. The summed E-state index contributed by atoms with van der Waals surface area (Å²) in [5.74, 6) is -2.02. The molecule has 1 aliphatic heterocycles. The molecule has 3 heterocycles. The number of carboxylic acid groups (broad SMARTS) is 1. The Labute approximate surface area is 123 Å². The molecule has 3 rings (SSSR count). The minimum atomic E-state index is -1.30. The van der Waals surface area contributed by atoms with Crippen molar-refractivity contribution in [3.63, 3.8) is 0 Å². The van der Waals surface area contributed by atoms with Crippen LogP contribution >= 0.6 is 11.3 Å². The van der Waals surface area contributed by atoms with Gasteiger partial charge in [-0.05, 0) is 23.9 Å². The third-order valence-electron chi connectivity index (χ3n) is 3.52. The lowest BCUT2D eigenvalue weighted by molar-refractivity contribution is 0.0695. The second-order valence-electron chi connectivity index (χ2n) is 4.71. The largest absolute Gasteiger partial charge is 0.502 e. The van der Waals surface area contributed by atoms with Crippen LogP contribution in [0.3, 0.4) is 0 Å². The summed E-state index contributed by atoms with van der Waals surface area (Å²) in [6, 6.07) is 1.69. The molecule has 2 N–H and O–H groups in total. The highest BCUT2D eigenvalue weighted by Crippen LogP contribution is 2.29. The number of thiophene rings is 1. The van der Waals surface area contributed by atoms with Crippen LogP contribution in [0.2, 0.25) is 0 Å². The summed E-state index contributed by atoms with van der Waals surface area (Å²) in [5.41, 5.74) is 1.26. The monoisotopic (exact) mass is 304 g/mol. The quantitative estimate of drug-likeness (QED) is 0.905. The summed E-state index contributed by atoms with van der Waals surface area (Å²) in [6.45, 7) is 2.72. The number of rotatable bonds is 3. The van der Waals surface area contributed by atoms with Crippen molar-refractivity contribution in [1.29, 1.82) is 0 Å². The Morgan fingerprint density at radius 3 is 2.90 bits per heavy atom. The van der Waals surface area contributed by atoms with E-state index in [1.165, 1.54) is 15.9 Å². The lowest BCUT2D eigenvalue weighted by Gasteiger charge is -2.11. The topological polar surface area (TPSA) is 91.9 Å². The Morgan fingerprint density at radius 2 is 2.29 bits per heavy atom. The van der Waals surface area contributed by atoms with E-state index < -0.39 is 17.3 Å². The van der Waals surface area contributed by atoms with Gasteiger partial charge in [-0.2, -0.15) is 0 Å². The van der Waals surface area contributed by atoms with E-state index in [0.717, 1.165) is 11.3 Å². The van der Waals surface area contributed by atoms with Gasteiger partial charge in [0.05, 0.1) is 23.3 Å².